The minimum atomic E-state index is -3.59. The Morgan fingerprint density at radius 3 is 2.71 bits per heavy atom. The SMILES string of the molecule is CCOP(=O)(O)c1cccc(CC)c1. The molecule has 78 valence electrons. The van der Waals surface area contributed by atoms with Crippen LogP contribution < -0.4 is 5.30 Å². The molecule has 1 aromatic carbocycles. The van der Waals surface area contributed by atoms with Gasteiger partial charge in [-0.05, 0) is 31.0 Å². The molecule has 0 aliphatic carbocycles. The van der Waals surface area contributed by atoms with E-state index in [0.29, 0.717) is 5.30 Å². The Labute approximate surface area is 84.3 Å². The lowest BCUT2D eigenvalue weighted by Gasteiger charge is -2.11. The summed E-state index contributed by atoms with van der Waals surface area (Å²) < 4.78 is 16.4. The van der Waals surface area contributed by atoms with Crippen LogP contribution >= 0.6 is 7.60 Å². The van der Waals surface area contributed by atoms with Crippen LogP contribution in [0.25, 0.3) is 0 Å². The van der Waals surface area contributed by atoms with E-state index in [1.165, 1.54) is 0 Å². The summed E-state index contributed by atoms with van der Waals surface area (Å²) in [5.41, 5.74) is 1.04. The fraction of sp³-hybridized carbons (Fsp3) is 0.400. The molecule has 0 aliphatic rings. The second kappa shape index (κ2) is 4.74. The van der Waals surface area contributed by atoms with Crippen molar-refractivity contribution in [3.05, 3.63) is 29.8 Å². The standard InChI is InChI=1S/C10H15O3P/c1-3-9-6-5-7-10(8-9)14(11,12)13-4-2/h5-8H,3-4H2,1-2H3,(H,11,12). The average molecular weight is 214 g/mol. The minimum absolute atomic E-state index is 0.240. The molecule has 14 heavy (non-hydrogen) atoms. The van der Waals surface area contributed by atoms with Gasteiger partial charge in [0.15, 0.2) is 0 Å². The molecule has 0 aromatic heterocycles. The summed E-state index contributed by atoms with van der Waals surface area (Å²) in [6.45, 7) is 3.94. The van der Waals surface area contributed by atoms with Crippen LogP contribution in [0.4, 0.5) is 0 Å². The molecule has 0 heterocycles. The fourth-order valence-corrected chi connectivity index (χ4v) is 2.30. The van der Waals surface area contributed by atoms with Gasteiger partial charge in [0, 0.05) is 0 Å². The van der Waals surface area contributed by atoms with E-state index >= 15 is 0 Å². The van der Waals surface area contributed by atoms with Crippen LogP contribution in [0.15, 0.2) is 24.3 Å². The Morgan fingerprint density at radius 2 is 2.14 bits per heavy atom. The van der Waals surface area contributed by atoms with E-state index in [1.54, 1.807) is 25.1 Å². The molecule has 0 spiro atoms. The van der Waals surface area contributed by atoms with Gasteiger partial charge in [-0.1, -0.05) is 19.1 Å². The first kappa shape index (κ1) is 11.4. The predicted molar refractivity (Wildman–Crippen MR) is 56.9 cm³/mol. The lowest BCUT2D eigenvalue weighted by Crippen LogP contribution is -2.07. The Bertz CT molecular complexity index is 349. The maximum atomic E-state index is 11.6. The van der Waals surface area contributed by atoms with Crippen molar-refractivity contribution in [1.29, 1.82) is 0 Å². The summed E-state index contributed by atoms with van der Waals surface area (Å²) >= 11 is 0. The van der Waals surface area contributed by atoms with E-state index in [9.17, 15) is 9.46 Å². The fourth-order valence-electron chi connectivity index (χ4n) is 1.20. The summed E-state index contributed by atoms with van der Waals surface area (Å²) in [7, 11) is -3.59. The van der Waals surface area contributed by atoms with E-state index in [0.717, 1.165) is 12.0 Å². The van der Waals surface area contributed by atoms with E-state index in [-0.39, 0.29) is 6.61 Å². The number of aryl methyl sites for hydroxylation is 1. The molecule has 1 atom stereocenters. The van der Waals surface area contributed by atoms with Crippen LogP contribution in [0.1, 0.15) is 19.4 Å². The van der Waals surface area contributed by atoms with Crippen molar-refractivity contribution in [3.8, 4) is 0 Å². The molecular formula is C10H15O3P. The summed E-state index contributed by atoms with van der Waals surface area (Å²) in [6, 6.07) is 7.04. The van der Waals surface area contributed by atoms with Crippen LogP contribution in [-0.2, 0) is 15.5 Å². The zero-order valence-corrected chi connectivity index (χ0v) is 9.33. The zero-order valence-electron chi connectivity index (χ0n) is 8.43. The molecule has 0 saturated carbocycles. The van der Waals surface area contributed by atoms with Crippen molar-refractivity contribution in [3.63, 3.8) is 0 Å². The van der Waals surface area contributed by atoms with E-state index in [1.807, 2.05) is 13.0 Å². The first-order chi connectivity index (χ1) is 6.60. The van der Waals surface area contributed by atoms with Crippen molar-refractivity contribution in [1.82, 2.24) is 0 Å². The van der Waals surface area contributed by atoms with E-state index in [4.69, 9.17) is 4.52 Å². The highest BCUT2D eigenvalue weighted by Crippen LogP contribution is 2.40. The smallest absolute Gasteiger partial charge is 0.321 e. The Balaban J connectivity index is 3.00. The number of hydrogen-bond acceptors (Lipinski definition) is 2. The molecule has 1 N–H and O–H groups in total. The van der Waals surface area contributed by atoms with Crippen molar-refractivity contribution in [2.24, 2.45) is 0 Å². The Kier molecular flexibility index (Phi) is 3.87. The Hall–Kier alpha value is -0.630. The molecular weight excluding hydrogens is 199 g/mol. The van der Waals surface area contributed by atoms with Crippen LogP contribution in [0.3, 0.4) is 0 Å². The van der Waals surface area contributed by atoms with Crippen LogP contribution in [0.5, 0.6) is 0 Å². The normalized spacial score (nSPS) is 15.1. The molecule has 1 aromatic rings. The second-order valence-corrected chi connectivity index (χ2v) is 4.78. The van der Waals surface area contributed by atoms with Gasteiger partial charge >= 0.3 is 7.60 Å². The maximum absolute atomic E-state index is 11.6. The van der Waals surface area contributed by atoms with Gasteiger partial charge in [0.1, 0.15) is 0 Å². The third-order valence-electron chi connectivity index (χ3n) is 1.95. The highest BCUT2D eigenvalue weighted by atomic mass is 31.2. The molecule has 4 heteroatoms. The van der Waals surface area contributed by atoms with Gasteiger partial charge in [-0.2, -0.15) is 0 Å². The second-order valence-electron chi connectivity index (χ2n) is 2.96. The largest absolute Gasteiger partial charge is 0.358 e. The number of benzene rings is 1. The molecule has 0 fully saturated rings. The lowest BCUT2D eigenvalue weighted by atomic mass is 10.2. The lowest BCUT2D eigenvalue weighted by molar-refractivity contribution is 0.284. The quantitative estimate of drug-likeness (QED) is 0.780. The van der Waals surface area contributed by atoms with Crippen molar-refractivity contribution < 1.29 is 14.0 Å². The average Bonchev–Trinajstić information content (AvgIpc) is 2.18. The number of hydrogen-bond donors (Lipinski definition) is 1. The van der Waals surface area contributed by atoms with Gasteiger partial charge < -0.3 is 9.42 Å². The maximum Gasteiger partial charge on any atom is 0.358 e. The molecule has 0 aliphatic heterocycles. The molecule has 0 saturated heterocycles. The zero-order chi connectivity index (χ0) is 10.6. The van der Waals surface area contributed by atoms with Crippen LogP contribution in [0, 0.1) is 0 Å². The summed E-state index contributed by atoms with van der Waals surface area (Å²) in [5.74, 6) is 0. The molecule has 1 unspecified atom stereocenters. The van der Waals surface area contributed by atoms with Crippen LogP contribution in [-0.4, -0.2) is 11.5 Å². The van der Waals surface area contributed by atoms with E-state index < -0.39 is 7.60 Å². The van der Waals surface area contributed by atoms with Gasteiger partial charge in [-0.15, -0.1) is 0 Å². The first-order valence-corrected chi connectivity index (χ1v) is 6.24. The molecule has 0 radical (unpaired) electrons. The predicted octanol–water partition coefficient (Wildman–Crippen LogP) is 2.10. The molecule has 3 nitrogen and oxygen atoms in total. The van der Waals surface area contributed by atoms with Gasteiger partial charge in [0.2, 0.25) is 0 Å². The van der Waals surface area contributed by atoms with Gasteiger partial charge in [-0.25, -0.2) is 0 Å². The monoisotopic (exact) mass is 214 g/mol. The van der Waals surface area contributed by atoms with Crippen LogP contribution in [0.2, 0.25) is 0 Å². The summed E-state index contributed by atoms with van der Waals surface area (Å²) in [6.07, 6.45) is 0.847. The summed E-state index contributed by atoms with van der Waals surface area (Å²) in [4.78, 5) is 9.54. The van der Waals surface area contributed by atoms with Crippen molar-refractivity contribution in [2.75, 3.05) is 6.61 Å². The van der Waals surface area contributed by atoms with Gasteiger partial charge in [0.25, 0.3) is 0 Å². The molecule has 1 rings (SSSR count). The van der Waals surface area contributed by atoms with E-state index in [2.05, 4.69) is 0 Å². The molecule has 0 bridgehead atoms. The number of rotatable bonds is 4. The molecule has 0 amide bonds. The minimum Gasteiger partial charge on any atom is -0.321 e. The third-order valence-corrected chi connectivity index (χ3v) is 3.49. The van der Waals surface area contributed by atoms with Gasteiger partial charge in [0.05, 0.1) is 11.9 Å². The topological polar surface area (TPSA) is 46.5 Å². The van der Waals surface area contributed by atoms with Crippen molar-refractivity contribution in [2.45, 2.75) is 20.3 Å². The Morgan fingerprint density at radius 1 is 1.43 bits per heavy atom. The first-order valence-electron chi connectivity index (χ1n) is 4.67. The summed E-state index contributed by atoms with van der Waals surface area (Å²) in [5, 5.41) is 0.374. The highest BCUT2D eigenvalue weighted by Gasteiger charge is 2.21. The highest BCUT2D eigenvalue weighted by molar-refractivity contribution is 7.61. The van der Waals surface area contributed by atoms with Gasteiger partial charge in [-0.3, -0.25) is 4.57 Å². The van der Waals surface area contributed by atoms with Crippen molar-refractivity contribution >= 4 is 12.9 Å². The third kappa shape index (κ3) is 2.68.